The molecule has 1 N–H and O–H groups in total. The van der Waals surface area contributed by atoms with Crippen molar-refractivity contribution in [3.8, 4) is 11.4 Å². The van der Waals surface area contributed by atoms with Gasteiger partial charge in [-0.25, -0.2) is 4.68 Å². The molecule has 0 saturated heterocycles. The molecule has 2 rings (SSSR count). The van der Waals surface area contributed by atoms with Gasteiger partial charge in [-0.15, -0.1) is 5.10 Å². The van der Waals surface area contributed by atoms with E-state index in [1.165, 1.54) is 5.56 Å². The molecule has 1 unspecified atom stereocenters. The van der Waals surface area contributed by atoms with E-state index >= 15 is 0 Å². The number of hydrogen-bond acceptors (Lipinski definition) is 4. The Morgan fingerprint density at radius 1 is 1.29 bits per heavy atom. The molecule has 0 bridgehead atoms. The van der Waals surface area contributed by atoms with Crippen LogP contribution in [0.4, 0.5) is 0 Å². The number of hydrogen-bond donors (Lipinski definition) is 1. The van der Waals surface area contributed by atoms with Gasteiger partial charge in [-0.3, -0.25) is 4.79 Å². The van der Waals surface area contributed by atoms with E-state index in [0.29, 0.717) is 12.4 Å². The van der Waals surface area contributed by atoms with Crippen LogP contribution in [0.1, 0.15) is 30.0 Å². The third-order valence-corrected chi connectivity index (χ3v) is 3.44. The van der Waals surface area contributed by atoms with Gasteiger partial charge in [0.1, 0.15) is 0 Å². The van der Waals surface area contributed by atoms with Crippen molar-refractivity contribution < 1.29 is 9.90 Å². The monoisotopic (exact) mass is 288 g/mol. The van der Waals surface area contributed by atoms with Crippen LogP contribution in [0.2, 0.25) is 0 Å². The lowest BCUT2D eigenvalue weighted by Crippen LogP contribution is -2.14. The quantitative estimate of drug-likeness (QED) is 0.913. The first kappa shape index (κ1) is 15.2. The molecule has 0 radical (unpaired) electrons. The van der Waals surface area contributed by atoms with Gasteiger partial charge in [0.05, 0.1) is 0 Å². The summed E-state index contributed by atoms with van der Waals surface area (Å²) in [6.45, 7) is 8.50. The zero-order valence-electron chi connectivity index (χ0n) is 12.8. The van der Waals surface area contributed by atoms with Crippen molar-refractivity contribution in [2.75, 3.05) is 0 Å². The first-order valence-corrected chi connectivity index (χ1v) is 6.94. The minimum absolute atomic E-state index is 0.0317. The van der Waals surface area contributed by atoms with Crippen LogP contribution in [0.5, 0.6) is 0 Å². The van der Waals surface area contributed by atoms with Crippen molar-refractivity contribution in [2.45, 2.75) is 40.7 Å². The van der Waals surface area contributed by atoms with E-state index in [1.54, 1.807) is 4.68 Å². The van der Waals surface area contributed by atoms with E-state index in [2.05, 4.69) is 34.6 Å². The molecule has 0 saturated carbocycles. The third-order valence-electron chi connectivity index (χ3n) is 3.44. The van der Waals surface area contributed by atoms with E-state index in [0.717, 1.165) is 16.7 Å². The maximum atomic E-state index is 10.8. The van der Waals surface area contributed by atoms with Crippen molar-refractivity contribution in [3.05, 3.63) is 28.8 Å². The number of carboxylic acids is 1. The predicted octanol–water partition coefficient (Wildman–Crippen LogP) is 2.38. The summed E-state index contributed by atoms with van der Waals surface area (Å²) in [4.78, 5) is 10.8. The molecule has 1 heterocycles. The molecule has 1 aromatic carbocycles. The van der Waals surface area contributed by atoms with E-state index in [1.807, 2.05) is 20.8 Å². The zero-order chi connectivity index (χ0) is 15.6. The topological polar surface area (TPSA) is 80.9 Å². The molecule has 0 fully saturated rings. The second kappa shape index (κ2) is 6.03. The van der Waals surface area contributed by atoms with Crippen LogP contribution < -0.4 is 0 Å². The summed E-state index contributed by atoms with van der Waals surface area (Å²) in [6, 6.07) is 4.20. The van der Waals surface area contributed by atoms with Crippen molar-refractivity contribution in [1.82, 2.24) is 20.2 Å². The number of carbonyl (C=O) groups is 1. The van der Waals surface area contributed by atoms with Crippen LogP contribution in [0.15, 0.2) is 12.1 Å². The van der Waals surface area contributed by atoms with Crippen molar-refractivity contribution in [1.29, 1.82) is 0 Å². The van der Waals surface area contributed by atoms with Gasteiger partial charge in [-0.2, -0.15) is 0 Å². The lowest BCUT2D eigenvalue weighted by molar-refractivity contribution is -0.138. The number of benzene rings is 1. The highest BCUT2D eigenvalue weighted by atomic mass is 16.4. The van der Waals surface area contributed by atoms with Crippen molar-refractivity contribution in [3.63, 3.8) is 0 Å². The number of aliphatic carboxylic acids is 1. The maximum absolute atomic E-state index is 10.8. The fraction of sp³-hybridized carbons (Fsp3) is 0.467. The third kappa shape index (κ3) is 3.45. The summed E-state index contributed by atoms with van der Waals surface area (Å²) in [5.74, 6) is -0.141. The van der Waals surface area contributed by atoms with Crippen molar-refractivity contribution >= 4 is 5.97 Å². The Kier molecular flexibility index (Phi) is 4.35. The second-order valence-electron chi connectivity index (χ2n) is 5.66. The van der Waals surface area contributed by atoms with Gasteiger partial charge in [-0.1, -0.05) is 24.6 Å². The van der Waals surface area contributed by atoms with Crippen LogP contribution in [-0.4, -0.2) is 31.3 Å². The van der Waals surface area contributed by atoms with Gasteiger partial charge >= 0.3 is 5.97 Å². The van der Waals surface area contributed by atoms with Crippen LogP contribution in [-0.2, 0) is 11.3 Å². The zero-order valence-corrected chi connectivity index (χ0v) is 12.8. The summed E-state index contributed by atoms with van der Waals surface area (Å²) in [7, 11) is 0. The van der Waals surface area contributed by atoms with Crippen LogP contribution in [0.3, 0.4) is 0 Å². The standard InChI is InChI=1S/C15H20N4O2/c1-9-5-11(3)14(12(4)6-9)15-16-17-18-19(15)8-10(2)7-13(20)21/h5-6,10H,7-8H2,1-4H3,(H,20,21). The molecule has 21 heavy (non-hydrogen) atoms. The van der Waals surface area contributed by atoms with Gasteiger partial charge in [0, 0.05) is 18.5 Å². The number of aromatic nitrogens is 4. The first-order valence-electron chi connectivity index (χ1n) is 6.94. The summed E-state index contributed by atoms with van der Waals surface area (Å²) < 4.78 is 1.69. The first-order chi connectivity index (χ1) is 9.88. The van der Waals surface area contributed by atoms with E-state index in [4.69, 9.17) is 5.11 Å². The molecular formula is C15H20N4O2. The van der Waals surface area contributed by atoms with Crippen LogP contribution >= 0.6 is 0 Å². The number of rotatable bonds is 5. The van der Waals surface area contributed by atoms with E-state index in [-0.39, 0.29) is 12.3 Å². The molecule has 0 aliphatic heterocycles. The average molecular weight is 288 g/mol. The Morgan fingerprint density at radius 2 is 1.90 bits per heavy atom. The molecule has 6 nitrogen and oxygen atoms in total. The highest BCUT2D eigenvalue weighted by Gasteiger charge is 2.17. The highest BCUT2D eigenvalue weighted by molar-refractivity contribution is 5.67. The second-order valence-corrected chi connectivity index (χ2v) is 5.66. The Hall–Kier alpha value is -2.24. The minimum Gasteiger partial charge on any atom is -0.481 e. The lowest BCUT2D eigenvalue weighted by Gasteiger charge is -2.13. The lowest BCUT2D eigenvalue weighted by atomic mass is 9.99. The molecule has 0 aliphatic rings. The van der Waals surface area contributed by atoms with Crippen LogP contribution in [0, 0.1) is 26.7 Å². The summed E-state index contributed by atoms with van der Waals surface area (Å²) >= 11 is 0. The fourth-order valence-corrected chi connectivity index (χ4v) is 2.70. The summed E-state index contributed by atoms with van der Waals surface area (Å²) in [6.07, 6.45) is 0.102. The molecule has 0 spiro atoms. The molecule has 1 aromatic heterocycles. The fourth-order valence-electron chi connectivity index (χ4n) is 2.70. The van der Waals surface area contributed by atoms with Gasteiger partial charge in [0.2, 0.25) is 0 Å². The largest absolute Gasteiger partial charge is 0.481 e. The van der Waals surface area contributed by atoms with Gasteiger partial charge in [0.25, 0.3) is 0 Å². The summed E-state index contributed by atoms with van der Waals surface area (Å²) in [5.41, 5.74) is 4.46. The Balaban J connectivity index is 2.35. The number of tetrazole rings is 1. The van der Waals surface area contributed by atoms with E-state index in [9.17, 15) is 4.79 Å². The molecule has 6 heteroatoms. The molecule has 0 amide bonds. The van der Waals surface area contributed by atoms with Gasteiger partial charge in [-0.05, 0) is 48.2 Å². The molecule has 1 atom stereocenters. The molecule has 2 aromatic rings. The van der Waals surface area contributed by atoms with Crippen molar-refractivity contribution in [2.24, 2.45) is 5.92 Å². The summed E-state index contributed by atoms with van der Waals surface area (Å²) in [5, 5.41) is 20.7. The van der Waals surface area contributed by atoms with Gasteiger partial charge < -0.3 is 5.11 Å². The predicted molar refractivity (Wildman–Crippen MR) is 78.9 cm³/mol. The molecule has 0 aliphatic carbocycles. The Morgan fingerprint density at radius 3 is 2.48 bits per heavy atom. The normalized spacial score (nSPS) is 12.4. The Labute approximate surface area is 123 Å². The SMILES string of the molecule is Cc1cc(C)c(-c2nnnn2CC(C)CC(=O)O)c(C)c1. The smallest absolute Gasteiger partial charge is 0.303 e. The van der Waals surface area contributed by atoms with E-state index < -0.39 is 5.97 Å². The molecular weight excluding hydrogens is 268 g/mol. The maximum Gasteiger partial charge on any atom is 0.303 e. The average Bonchev–Trinajstić information content (AvgIpc) is 2.74. The van der Waals surface area contributed by atoms with Crippen LogP contribution in [0.25, 0.3) is 11.4 Å². The number of aryl methyl sites for hydroxylation is 3. The van der Waals surface area contributed by atoms with Gasteiger partial charge in [0.15, 0.2) is 5.82 Å². The number of carboxylic acid groups (broad SMARTS) is 1. The Bertz CT molecular complexity index is 640. The highest BCUT2D eigenvalue weighted by Crippen LogP contribution is 2.26. The molecule has 112 valence electrons. The minimum atomic E-state index is -0.806. The number of nitrogens with zero attached hydrogens (tertiary/aromatic N) is 4.